The van der Waals surface area contributed by atoms with Crippen LogP contribution in [0.25, 0.3) is 10.9 Å². The minimum Gasteiger partial charge on any atom is -0.489 e. The van der Waals surface area contributed by atoms with Crippen LogP contribution in [0.15, 0.2) is 54.6 Å². The molecule has 0 amide bonds. The van der Waals surface area contributed by atoms with E-state index in [1.54, 1.807) is 6.07 Å². The van der Waals surface area contributed by atoms with Gasteiger partial charge in [0.15, 0.2) is 0 Å². The van der Waals surface area contributed by atoms with Crippen molar-refractivity contribution in [2.45, 2.75) is 6.61 Å². The third-order valence-electron chi connectivity index (χ3n) is 2.95. The number of aromatic nitrogens is 1. The predicted molar refractivity (Wildman–Crippen MR) is 82.5 cm³/mol. The van der Waals surface area contributed by atoms with Gasteiger partial charge in [-0.2, -0.15) is 0 Å². The number of hydrogen-bond acceptors (Lipinski definition) is 2. The zero-order valence-electron chi connectivity index (χ0n) is 10.5. The smallest absolute Gasteiger partial charge is 0.131 e. The van der Waals surface area contributed by atoms with Gasteiger partial charge in [-0.3, -0.25) is 0 Å². The molecule has 0 atom stereocenters. The summed E-state index contributed by atoms with van der Waals surface area (Å²) >= 11 is 12.0. The molecule has 0 aliphatic heterocycles. The Balaban J connectivity index is 1.86. The Labute approximate surface area is 126 Å². The van der Waals surface area contributed by atoms with Crippen molar-refractivity contribution in [2.75, 3.05) is 0 Å². The Morgan fingerprint density at radius 3 is 2.55 bits per heavy atom. The van der Waals surface area contributed by atoms with Crippen molar-refractivity contribution >= 4 is 34.1 Å². The largest absolute Gasteiger partial charge is 0.489 e. The van der Waals surface area contributed by atoms with Crippen LogP contribution in [0.4, 0.5) is 0 Å². The van der Waals surface area contributed by atoms with E-state index >= 15 is 0 Å². The summed E-state index contributed by atoms with van der Waals surface area (Å²) in [5.41, 5.74) is 1.85. The Kier molecular flexibility index (Phi) is 3.77. The van der Waals surface area contributed by atoms with Gasteiger partial charge in [0.1, 0.15) is 17.5 Å². The molecule has 0 radical (unpaired) electrons. The van der Waals surface area contributed by atoms with Gasteiger partial charge in [-0.1, -0.05) is 53.5 Å². The van der Waals surface area contributed by atoms with Crippen molar-refractivity contribution in [1.82, 2.24) is 4.98 Å². The average molecular weight is 304 g/mol. The minimum absolute atomic E-state index is 0.378. The van der Waals surface area contributed by atoms with Crippen molar-refractivity contribution in [2.24, 2.45) is 0 Å². The first kappa shape index (κ1) is 13.2. The fraction of sp³-hybridized carbons (Fsp3) is 0.0625. The molecule has 0 bridgehead atoms. The third kappa shape index (κ3) is 2.87. The van der Waals surface area contributed by atoms with Crippen molar-refractivity contribution in [3.05, 3.63) is 70.3 Å². The zero-order valence-corrected chi connectivity index (χ0v) is 12.0. The second-order valence-corrected chi connectivity index (χ2v) is 5.17. The van der Waals surface area contributed by atoms with Crippen LogP contribution in [0, 0.1) is 0 Å². The lowest BCUT2D eigenvalue weighted by molar-refractivity contribution is 0.306. The van der Waals surface area contributed by atoms with Crippen LogP contribution in [0.3, 0.4) is 0 Å². The molecule has 4 heteroatoms. The second kappa shape index (κ2) is 5.70. The van der Waals surface area contributed by atoms with E-state index in [2.05, 4.69) is 4.98 Å². The molecule has 3 rings (SSSR count). The third-order valence-corrected chi connectivity index (χ3v) is 3.45. The molecule has 0 saturated carbocycles. The fourth-order valence-electron chi connectivity index (χ4n) is 1.97. The molecule has 0 fully saturated rings. The van der Waals surface area contributed by atoms with Gasteiger partial charge >= 0.3 is 0 Å². The van der Waals surface area contributed by atoms with Gasteiger partial charge < -0.3 is 4.74 Å². The maximum atomic E-state index is 6.12. The van der Waals surface area contributed by atoms with Gasteiger partial charge in [0.05, 0.1) is 10.5 Å². The Morgan fingerprint density at radius 2 is 1.75 bits per heavy atom. The predicted octanol–water partition coefficient (Wildman–Crippen LogP) is 5.12. The Morgan fingerprint density at radius 1 is 0.950 bits per heavy atom. The monoisotopic (exact) mass is 303 g/mol. The molecule has 0 aliphatic carbocycles. The Hall–Kier alpha value is -1.77. The summed E-state index contributed by atoms with van der Waals surface area (Å²) in [5.74, 6) is 0.743. The molecule has 1 aromatic heterocycles. The molecule has 0 N–H and O–H groups in total. The molecule has 0 aliphatic rings. The summed E-state index contributed by atoms with van der Waals surface area (Å²) in [6.07, 6.45) is 0. The van der Waals surface area contributed by atoms with Gasteiger partial charge in [0.2, 0.25) is 0 Å². The molecule has 0 saturated heterocycles. The summed E-state index contributed by atoms with van der Waals surface area (Å²) in [6.45, 7) is 0.515. The maximum absolute atomic E-state index is 6.12. The van der Waals surface area contributed by atoms with Gasteiger partial charge in [-0.05, 0) is 23.8 Å². The number of benzene rings is 2. The van der Waals surface area contributed by atoms with E-state index in [-0.39, 0.29) is 0 Å². The molecule has 20 heavy (non-hydrogen) atoms. The lowest BCUT2D eigenvalue weighted by Gasteiger charge is -2.08. The molecule has 2 aromatic carbocycles. The van der Waals surface area contributed by atoms with Crippen LogP contribution in [-0.2, 0) is 6.61 Å². The van der Waals surface area contributed by atoms with Crippen molar-refractivity contribution < 1.29 is 4.74 Å². The van der Waals surface area contributed by atoms with E-state index in [1.165, 1.54) is 0 Å². The normalized spacial score (nSPS) is 10.7. The number of fused-ring (bicyclic) bond motifs is 1. The molecular formula is C16H11Cl2NO. The molecule has 1 heterocycles. The van der Waals surface area contributed by atoms with Gasteiger partial charge in [-0.15, -0.1) is 0 Å². The SMILES string of the molecule is Clc1cc(Cl)c2ccc(OCc3ccccc3)cc2n1. The first-order chi connectivity index (χ1) is 9.72. The number of hydrogen-bond donors (Lipinski definition) is 0. The van der Waals surface area contributed by atoms with Crippen molar-refractivity contribution in [1.29, 1.82) is 0 Å². The van der Waals surface area contributed by atoms with Crippen LogP contribution in [0.2, 0.25) is 10.2 Å². The molecule has 2 nitrogen and oxygen atoms in total. The van der Waals surface area contributed by atoms with Crippen LogP contribution in [0.5, 0.6) is 5.75 Å². The van der Waals surface area contributed by atoms with Crippen LogP contribution >= 0.6 is 23.2 Å². The highest BCUT2D eigenvalue weighted by atomic mass is 35.5. The number of pyridine rings is 1. The lowest BCUT2D eigenvalue weighted by Crippen LogP contribution is -1.95. The van der Waals surface area contributed by atoms with Crippen molar-refractivity contribution in [3.63, 3.8) is 0 Å². The topological polar surface area (TPSA) is 22.1 Å². The van der Waals surface area contributed by atoms with Crippen LogP contribution in [0.1, 0.15) is 5.56 Å². The second-order valence-electron chi connectivity index (χ2n) is 4.38. The highest BCUT2D eigenvalue weighted by Gasteiger charge is 2.05. The number of rotatable bonds is 3. The van der Waals surface area contributed by atoms with Gasteiger partial charge in [0.25, 0.3) is 0 Å². The maximum Gasteiger partial charge on any atom is 0.131 e. The summed E-state index contributed by atoms with van der Waals surface area (Å²) in [4.78, 5) is 4.25. The summed E-state index contributed by atoms with van der Waals surface area (Å²) in [5, 5.41) is 1.83. The molecule has 0 spiro atoms. The molecule has 3 aromatic rings. The summed E-state index contributed by atoms with van der Waals surface area (Å²) in [6, 6.07) is 17.2. The summed E-state index contributed by atoms with van der Waals surface area (Å²) < 4.78 is 5.75. The van der Waals surface area contributed by atoms with Crippen LogP contribution in [-0.4, -0.2) is 4.98 Å². The standard InChI is InChI=1S/C16H11Cl2NO/c17-14-9-16(18)19-15-8-12(6-7-13(14)15)20-10-11-4-2-1-3-5-11/h1-9H,10H2. The van der Waals surface area contributed by atoms with Crippen molar-refractivity contribution in [3.8, 4) is 5.75 Å². The van der Waals surface area contributed by atoms with E-state index < -0.39 is 0 Å². The van der Waals surface area contributed by atoms with E-state index in [0.29, 0.717) is 16.8 Å². The van der Waals surface area contributed by atoms with Gasteiger partial charge in [0, 0.05) is 11.5 Å². The lowest BCUT2D eigenvalue weighted by atomic mass is 10.2. The Bertz CT molecular complexity index is 744. The number of ether oxygens (including phenoxy) is 1. The highest BCUT2D eigenvalue weighted by molar-refractivity contribution is 6.37. The minimum atomic E-state index is 0.378. The number of nitrogens with zero attached hydrogens (tertiary/aromatic N) is 1. The van der Waals surface area contributed by atoms with Gasteiger partial charge in [-0.25, -0.2) is 4.98 Å². The zero-order chi connectivity index (χ0) is 13.9. The van der Waals surface area contributed by atoms with E-state index in [0.717, 1.165) is 22.2 Å². The fourth-order valence-corrected chi connectivity index (χ4v) is 2.49. The van der Waals surface area contributed by atoms with E-state index in [4.69, 9.17) is 27.9 Å². The van der Waals surface area contributed by atoms with Crippen LogP contribution < -0.4 is 4.74 Å². The summed E-state index contributed by atoms with van der Waals surface area (Å²) in [7, 11) is 0. The first-order valence-electron chi connectivity index (χ1n) is 6.15. The quantitative estimate of drug-likeness (QED) is 0.626. The molecule has 100 valence electrons. The number of halogens is 2. The highest BCUT2D eigenvalue weighted by Crippen LogP contribution is 2.28. The molecule has 0 unspecified atom stereocenters. The van der Waals surface area contributed by atoms with E-state index in [9.17, 15) is 0 Å². The average Bonchev–Trinajstić information content (AvgIpc) is 2.45. The first-order valence-corrected chi connectivity index (χ1v) is 6.90. The molecular weight excluding hydrogens is 293 g/mol. The van der Waals surface area contributed by atoms with E-state index in [1.807, 2.05) is 48.5 Å².